The Hall–Kier alpha value is -2.18. The molecule has 2 aromatic rings. The molecule has 1 aliphatic rings. The third-order valence-electron chi connectivity index (χ3n) is 4.43. The molecule has 1 saturated heterocycles. The van der Waals surface area contributed by atoms with E-state index in [1.807, 2.05) is 16.5 Å². The lowest BCUT2D eigenvalue weighted by Crippen LogP contribution is -2.38. The Morgan fingerprint density at radius 2 is 2.26 bits per heavy atom. The summed E-state index contributed by atoms with van der Waals surface area (Å²) in [5.74, 6) is 0.245. The van der Waals surface area contributed by atoms with Gasteiger partial charge < -0.3 is 4.90 Å². The Morgan fingerprint density at radius 1 is 1.39 bits per heavy atom. The molecular formula is C16H24N6O. The zero-order valence-electron chi connectivity index (χ0n) is 13.9. The Labute approximate surface area is 136 Å². The Bertz CT molecular complexity index is 648. The third-order valence-corrected chi connectivity index (χ3v) is 4.43. The molecule has 7 nitrogen and oxygen atoms in total. The van der Waals surface area contributed by atoms with Crippen molar-refractivity contribution < 1.29 is 4.79 Å². The quantitative estimate of drug-likeness (QED) is 0.811. The lowest BCUT2D eigenvalue weighted by molar-refractivity contribution is -0.132. The van der Waals surface area contributed by atoms with E-state index < -0.39 is 0 Å². The fraction of sp³-hybridized carbons (Fsp3) is 0.625. The summed E-state index contributed by atoms with van der Waals surface area (Å²) in [6.07, 6.45) is 6.71. The normalized spacial score (nSPS) is 17.8. The number of carbonyl (C=O) groups excluding carboxylic acids is 1. The first-order valence-corrected chi connectivity index (χ1v) is 8.26. The Kier molecular flexibility index (Phi) is 4.73. The first-order valence-electron chi connectivity index (χ1n) is 8.26. The van der Waals surface area contributed by atoms with E-state index in [0.29, 0.717) is 6.42 Å². The topological polar surface area (TPSA) is 68.8 Å². The molecule has 1 unspecified atom stereocenters. The predicted molar refractivity (Wildman–Crippen MR) is 85.7 cm³/mol. The first-order chi connectivity index (χ1) is 11.1. The zero-order chi connectivity index (χ0) is 16.2. The van der Waals surface area contributed by atoms with Crippen molar-refractivity contribution in [2.24, 2.45) is 0 Å². The summed E-state index contributed by atoms with van der Waals surface area (Å²) in [4.78, 5) is 18.5. The van der Waals surface area contributed by atoms with Crippen LogP contribution in [-0.4, -0.2) is 47.9 Å². The maximum atomic E-state index is 12.5. The average molecular weight is 316 g/mol. The minimum atomic E-state index is 0.245. The van der Waals surface area contributed by atoms with Gasteiger partial charge >= 0.3 is 0 Å². The van der Waals surface area contributed by atoms with Crippen LogP contribution < -0.4 is 0 Å². The zero-order valence-corrected chi connectivity index (χ0v) is 13.9. The second-order valence-electron chi connectivity index (χ2n) is 6.25. The highest BCUT2D eigenvalue weighted by atomic mass is 16.2. The fourth-order valence-electron chi connectivity index (χ4n) is 3.30. The number of rotatable bonds is 6. The molecule has 0 saturated carbocycles. The van der Waals surface area contributed by atoms with Gasteiger partial charge in [-0.1, -0.05) is 0 Å². The summed E-state index contributed by atoms with van der Waals surface area (Å²) >= 11 is 0. The third kappa shape index (κ3) is 3.78. The van der Waals surface area contributed by atoms with Gasteiger partial charge in [0.25, 0.3) is 0 Å². The van der Waals surface area contributed by atoms with Gasteiger partial charge in [0.05, 0.1) is 18.3 Å². The molecule has 7 heteroatoms. The van der Waals surface area contributed by atoms with Crippen molar-refractivity contribution >= 4 is 5.91 Å². The lowest BCUT2D eigenvalue weighted by Gasteiger charge is -2.25. The van der Waals surface area contributed by atoms with Gasteiger partial charge in [0.1, 0.15) is 12.7 Å². The van der Waals surface area contributed by atoms with E-state index in [2.05, 4.69) is 28.2 Å². The molecule has 0 aromatic carbocycles. The summed E-state index contributed by atoms with van der Waals surface area (Å²) in [6, 6.07) is 2.35. The number of hydrogen-bond acceptors (Lipinski definition) is 4. The minimum absolute atomic E-state index is 0.245. The second-order valence-corrected chi connectivity index (χ2v) is 6.25. The number of amides is 1. The van der Waals surface area contributed by atoms with Crippen LogP contribution in [0.1, 0.15) is 37.1 Å². The van der Waals surface area contributed by atoms with Crippen LogP contribution >= 0.6 is 0 Å². The van der Waals surface area contributed by atoms with E-state index in [1.165, 1.54) is 6.33 Å². The van der Waals surface area contributed by atoms with E-state index in [0.717, 1.165) is 50.3 Å². The summed E-state index contributed by atoms with van der Waals surface area (Å²) < 4.78 is 3.80. The van der Waals surface area contributed by atoms with Crippen molar-refractivity contribution in [3.63, 3.8) is 0 Å². The van der Waals surface area contributed by atoms with Crippen LogP contribution in [0.5, 0.6) is 0 Å². The number of hydrogen-bond donors (Lipinski definition) is 0. The van der Waals surface area contributed by atoms with Crippen LogP contribution in [0.2, 0.25) is 0 Å². The van der Waals surface area contributed by atoms with Crippen molar-refractivity contribution in [1.29, 1.82) is 0 Å². The predicted octanol–water partition coefficient (Wildman–Crippen LogP) is 1.56. The lowest BCUT2D eigenvalue weighted by atomic mass is 10.2. The number of carbonyl (C=O) groups is 1. The van der Waals surface area contributed by atoms with Crippen LogP contribution in [0.15, 0.2) is 18.7 Å². The minimum Gasteiger partial charge on any atom is -0.338 e. The van der Waals surface area contributed by atoms with Gasteiger partial charge in [-0.25, -0.2) is 4.98 Å². The van der Waals surface area contributed by atoms with Crippen molar-refractivity contribution in [2.45, 2.75) is 58.7 Å². The van der Waals surface area contributed by atoms with Crippen molar-refractivity contribution in [3.05, 3.63) is 30.1 Å². The summed E-state index contributed by atoms with van der Waals surface area (Å²) in [6.45, 7) is 6.48. The molecule has 3 heterocycles. The molecule has 0 spiro atoms. The van der Waals surface area contributed by atoms with Gasteiger partial charge in [-0.05, 0) is 39.2 Å². The smallest absolute Gasteiger partial charge is 0.222 e. The van der Waals surface area contributed by atoms with Crippen LogP contribution in [0.25, 0.3) is 0 Å². The molecular weight excluding hydrogens is 292 g/mol. The van der Waals surface area contributed by atoms with Gasteiger partial charge in [0.2, 0.25) is 5.91 Å². The van der Waals surface area contributed by atoms with E-state index in [9.17, 15) is 4.79 Å². The number of likely N-dealkylation sites (tertiary alicyclic amines) is 1. The highest BCUT2D eigenvalue weighted by Gasteiger charge is 2.29. The highest BCUT2D eigenvalue weighted by molar-refractivity contribution is 5.76. The molecule has 3 rings (SSSR count). The molecule has 0 N–H and O–H groups in total. The maximum absolute atomic E-state index is 12.5. The molecule has 1 atom stereocenters. The fourth-order valence-corrected chi connectivity index (χ4v) is 3.30. The standard InChI is InChI=1S/C16H24N6O/c1-13-9-14(2)22(19-13)10-15-5-3-8-21(15)16(23)6-4-7-20-12-17-11-18-20/h9,11-12,15H,3-8,10H2,1-2H3. The van der Waals surface area contributed by atoms with Gasteiger partial charge in [-0.2, -0.15) is 10.2 Å². The molecule has 2 aromatic heterocycles. The van der Waals surface area contributed by atoms with Crippen LogP contribution in [0.4, 0.5) is 0 Å². The van der Waals surface area contributed by atoms with Gasteiger partial charge in [-0.15, -0.1) is 0 Å². The largest absolute Gasteiger partial charge is 0.338 e. The highest BCUT2D eigenvalue weighted by Crippen LogP contribution is 2.21. The molecule has 0 radical (unpaired) electrons. The molecule has 1 aliphatic heterocycles. The van der Waals surface area contributed by atoms with Gasteiger partial charge in [0, 0.05) is 25.2 Å². The molecule has 124 valence electrons. The molecule has 23 heavy (non-hydrogen) atoms. The molecule has 1 amide bonds. The van der Waals surface area contributed by atoms with Gasteiger partial charge in [0.15, 0.2) is 0 Å². The summed E-state index contributed by atoms with van der Waals surface area (Å²) in [5.41, 5.74) is 2.19. The van der Waals surface area contributed by atoms with Crippen LogP contribution in [0.3, 0.4) is 0 Å². The van der Waals surface area contributed by atoms with Crippen molar-refractivity contribution in [3.8, 4) is 0 Å². The Morgan fingerprint density at radius 3 is 2.96 bits per heavy atom. The second kappa shape index (κ2) is 6.93. The number of aromatic nitrogens is 5. The van der Waals surface area contributed by atoms with Crippen molar-refractivity contribution in [1.82, 2.24) is 29.4 Å². The van der Waals surface area contributed by atoms with Crippen molar-refractivity contribution in [2.75, 3.05) is 6.54 Å². The van der Waals surface area contributed by atoms with Gasteiger partial charge in [-0.3, -0.25) is 14.2 Å². The summed E-state index contributed by atoms with van der Waals surface area (Å²) in [7, 11) is 0. The molecule has 1 fully saturated rings. The monoisotopic (exact) mass is 316 g/mol. The average Bonchev–Trinajstić information content (AvgIpc) is 3.22. The van der Waals surface area contributed by atoms with Crippen LogP contribution in [-0.2, 0) is 17.9 Å². The Balaban J connectivity index is 1.53. The maximum Gasteiger partial charge on any atom is 0.222 e. The van der Waals surface area contributed by atoms with E-state index in [-0.39, 0.29) is 11.9 Å². The molecule has 0 bridgehead atoms. The van der Waals surface area contributed by atoms with E-state index >= 15 is 0 Å². The van der Waals surface area contributed by atoms with Crippen LogP contribution in [0, 0.1) is 13.8 Å². The number of aryl methyl sites for hydroxylation is 3. The van der Waals surface area contributed by atoms with E-state index in [4.69, 9.17) is 0 Å². The summed E-state index contributed by atoms with van der Waals surface area (Å²) in [5, 5.41) is 8.59. The first kappa shape index (κ1) is 15.7. The van der Waals surface area contributed by atoms with E-state index in [1.54, 1.807) is 11.0 Å². The number of nitrogens with zero attached hydrogens (tertiary/aromatic N) is 6. The SMILES string of the molecule is Cc1cc(C)n(CC2CCCN2C(=O)CCCn2cncn2)n1. The molecule has 0 aliphatic carbocycles.